The van der Waals surface area contributed by atoms with E-state index < -0.39 is 0 Å². The van der Waals surface area contributed by atoms with Crippen LogP contribution in [0.15, 0.2) is 24.3 Å². The van der Waals surface area contributed by atoms with Crippen LogP contribution in [0.5, 0.6) is 5.75 Å². The molecule has 0 heterocycles. The lowest BCUT2D eigenvalue weighted by Gasteiger charge is -2.45. The number of carbonyl (C=O) groups is 1. The Morgan fingerprint density at radius 2 is 1.70 bits per heavy atom. The molecule has 2 rings (SSSR count). The Morgan fingerprint density at radius 3 is 2.22 bits per heavy atom. The number of nitrogens with one attached hydrogen (secondary N) is 1. The van der Waals surface area contributed by atoms with Gasteiger partial charge in [-0.25, -0.2) is 0 Å². The second-order valence-electron chi connectivity index (χ2n) is 7.89. The van der Waals surface area contributed by atoms with E-state index in [0.29, 0.717) is 0 Å². The van der Waals surface area contributed by atoms with Gasteiger partial charge in [-0.15, -0.1) is 0 Å². The molecule has 0 aliphatic heterocycles. The molecule has 0 unspecified atom stereocenters. The standard InChI is InChI=1S/C20H31NO2/c1-15(2)23-17-11-9-16(10-12-17)21-18(22)19(3,4)20(5)13-7-6-8-14-20/h9-12,15H,6-8,13-14H2,1-5H3,(H,21,22). The van der Waals surface area contributed by atoms with E-state index in [4.69, 9.17) is 4.74 Å². The molecule has 0 aromatic heterocycles. The molecule has 0 saturated heterocycles. The molecule has 0 bridgehead atoms. The molecule has 128 valence electrons. The Bertz CT molecular complexity index is 525. The highest BCUT2D eigenvalue weighted by molar-refractivity contribution is 5.95. The van der Waals surface area contributed by atoms with Gasteiger partial charge in [0.1, 0.15) is 5.75 Å². The van der Waals surface area contributed by atoms with Gasteiger partial charge in [0.25, 0.3) is 0 Å². The third-order valence-corrected chi connectivity index (χ3v) is 5.52. The lowest BCUT2D eigenvalue weighted by molar-refractivity contribution is -0.132. The van der Waals surface area contributed by atoms with Crippen molar-refractivity contribution in [2.75, 3.05) is 5.32 Å². The molecule has 1 fully saturated rings. The second-order valence-corrected chi connectivity index (χ2v) is 7.89. The minimum Gasteiger partial charge on any atom is -0.491 e. The Balaban J connectivity index is 2.05. The molecule has 0 radical (unpaired) electrons. The van der Waals surface area contributed by atoms with Crippen LogP contribution < -0.4 is 10.1 Å². The van der Waals surface area contributed by atoms with Gasteiger partial charge in [0.05, 0.1) is 6.10 Å². The molecule has 1 aliphatic rings. The Kier molecular flexibility index (Phi) is 5.38. The summed E-state index contributed by atoms with van der Waals surface area (Å²) in [7, 11) is 0. The molecule has 1 amide bonds. The van der Waals surface area contributed by atoms with Crippen molar-refractivity contribution < 1.29 is 9.53 Å². The molecule has 1 aromatic rings. The van der Waals surface area contributed by atoms with E-state index in [9.17, 15) is 4.79 Å². The van der Waals surface area contributed by atoms with Crippen LogP contribution in [0, 0.1) is 10.8 Å². The van der Waals surface area contributed by atoms with E-state index in [-0.39, 0.29) is 22.8 Å². The topological polar surface area (TPSA) is 38.3 Å². The highest BCUT2D eigenvalue weighted by atomic mass is 16.5. The third-order valence-electron chi connectivity index (χ3n) is 5.52. The first-order valence-corrected chi connectivity index (χ1v) is 8.83. The number of ether oxygens (including phenoxy) is 1. The van der Waals surface area contributed by atoms with Crippen LogP contribution in [-0.4, -0.2) is 12.0 Å². The molecular weight excluding hydrogens is 286 g/mol. The Labute approximate surface area is 140 Å². The summed E-state index contributed by atoms with van der Waals surface area (Å²) >= 11 is 0. The SMILES string of the molecule is CC(C)Oc1ccc(NC(=O)C(C)(C)C2(C)CCCCC2)cc1. The van der Waals surface area contributed by atoms with E-state index in [0.717, 1.165) is 24.3 Å². The maximum absolute atomic E-state index is 12.9. The van der Waals surface area contributed by atoms with Crippen molar-refractivity contribution in [3.05, 3.63) is 24.3 Å². The Hall–Kier alpha value is -1.51. The van der Waals surface area contributed by atoms with Crippen LogP contribution in [0.4, 0.5) is 5.69 Å². The maximum atomic E-state index is 12.9. The predicted molar refractivity (Wildman–Crippen MR) is 95.8 cm³/mol. The molecule has 1 saturated carbocycles. The highest BCUT2D eigenvalue weighted by Gasteiger charge is 2.46. The molecule has 1 aliphatic carbocycles. The van der Waals surface area contributed by atoms with Crippen LogP contribution in [0.1, 0.15) is 66.7 Å². The molecule has 0 spiro atoms. The van der Waals surface area contributed by atoms with Gasteiger partial charge in [-0.05, 0) is 56.4 Å². The van der Waals surface area contributed by atoms with Gasteiger partial charge in [-0.3, -0.25) is 4.79 Å². The summed E-state index contributed by atoms with van der Waals surface area (Å²) in [4.78, 5) is 12.9. The zero-order chi connectivity index (χ0) is 17.1. The zero-order valence-corrected chi connectivity index (χ0v) is 15.2. The van der Waals surface area contributed by atoms with Crippen LogP contribution in [0.25, 0.3) is 0 Å². The predicted octanol–water partition coefficient (Wildman–Crippen LogP) is 5.41. The fraction of sp³-hybridized carbons (Fsp3) is 0.650. The van der Waals surface area contributed by atoms with Crippen molar-refractivity contribution >= 4 is 11.6 Å². The van der Waals surface area contributed by atoms with Crippen molar-refractivity contribution in [2.45, 2.75) is 72.8 Å². The van der Waals surface area contributed by atoms with E-state index >= 15 is 0 Å². The summed E-state index contributed by atoms with van der Waals surface area (Å²) in [5.74, 6) is 0.941. The van der Waals surface area contributed by atoms with Crippen LogP contribution in [-0.2, 0) is 4.79 Å². The summed E-state index contributed by atoms with van der Waals surface area (Å²) in [5.41, 5.74) is 0.537. The van der Waals surface area contributed by atoms with Crippen LogP contribution in [0.2, 0.25) is 0 Å². The number of hydrogen-bond donors (Lipinski definition) is 1. The van der Waals surface area contributed by atoms with E-state index in [1.807, 2.05) is 38.1 Å². The fourth-order valence-electron chi connectivity index (χ4n) is 3.41. The first kappa shape index (κ1) is 17.8. The molecular formula is C20H31NO2. The van der Waals surface area contributed by atoms with E-state index in [1.54, 1.807) is 0 Å². The van der Waals surface area contributed by atoms with Gasteiger partial charge in [-0.1, -0.05) is 40.0 Å². The maximum Gasteiger partial charge on any atom is 0.230 e. The van der Waals surface area contributed by atoms with E-state index in [2.05, 4.69) is 26.1 Å². The highest BCUT2D eigenvalue weighted by Crippen LogP contribution is 2.49. The minimum absolute atomic E-state index is 0.0794. The molecule has 1 aromatic carbocycles. The summed E-state index contributed by atoms with van der Waals surface area (Å²) in [6.07, 6.45) is 6.18. The van der Waals surface area contributed by atoms with Crippen molar-refractivity contribution in [1.82, 2.24) is 0 Å². The normalized spacial score (nSPS) is 17.8. The first-order chi connectivity index (χ1) is 10.7. The van der Waals surface area contributed by atoms with Gasteiger partial charge < -0.3 is 10.1 Å². The number of benzene rings is 1. The van der Waals surface area contributed by atoms with Gasteiger partial charge in [0.2, 0.25) is 5.91 Å². The lowest BCUT2D eigenvalue weighted by Crippen LogP contribution is -2.45. The molecule has 3 heteroatoms. The third kappa shape index (κ3) is 4.07. The minimum atomic E-state index is -0.374. The lowest BCUT2D eigenvalue weighted by atomic mass is 9.59. The molecule has 23 heavy (non-hydrogen) atoms. The van der Waals surface area contributed by atoms with Gasteiger partial charge in [0.15, 0.2) is 0 Å². The smallest absolute Gasteiger partial charge is 0.230 e. The largest absolute Gasteiger partial charge is 0.491 e. The van der Waals surface area contributed by atoms with Crippen LogP contribution in [0.3, 0.4) is 0 Å². The van der Waals surface area contributed by atoms with Crippen molar-refractivity contribution in [2.24, 2.45) is 10.8 Å². The average Bonchev–Trinajstić information content (AvgIpc) is 2.49. The average molecular weight is 317 g/mol. The number of carbonyl (C=O) groups excluding carboxylic acids is 1. The van der Waals surface area contributed by atoms with Crippen molar-refractivity contribution in [3.8, 4) is 5.75 Å². The summed E-state index contributed by atoms with van der Waals surface area (Å²) in [6.45, 7) is 10.4. The first-order valence-electron chi connectivity index (χ1n) is 8.83. The molecule has 3 nitrogen and oxygen atoms in total. The molecule has 1 N–H and O–H groups in total. The number of anilines is 1. The summed E-state index contributed by atoms with van der Waals surface area (Å²) in [6, 6.07) is 7.64. The quantitative estimate of drug-likeness (QED) is 0.788. The molecule has 0 atom stereocenters. The number of rotatable bonds is 5. The summed E-state index contributed by atoms with van der Waals surface area (Å²) < 4.78 is 5.64. The second kappa shape index (κ2) is 6.94. The Morgan fingerprint density at radius 1 is 1.13 bits per heavy atom. The van der Waals surface area contributed by atoms with Gasteiger partial charge >= 0.3 is 0 Å². The van der Waals surface area contributed by atoms with Crippen molar-refractivity contribution in [3.63, 3.8) is 0 Å². The van der Waals surface area contributed by atoms with Crippen LogP contribution >= 0.6 is 0 Å². The van der Waals surface area contributed by atoms with Gasteiger partial charge in [-0.2, -0.15) is 0 Å². The van der Waals surface area contributed by atoms with Gasteiger partial charge in [0, 0.05) is 11.1 Å². The monoisotopic (exact) mass is 317 g/mol. The fourth-order valence-corrected chi connectivity index (χ4v) is 3.41. The van der Waals surface area contributed by atoms with E-state index in [1.165, 1.54) is 19.3 Å². The number of amides is 1. The summed E-state index contributed by atoms with van der Waals surface area (Å²) in [5, 5.41) is 3.09. The van der Waals surface area contributed by atoms with Crippen molar-refractivity contribution in [1.29, 1.82) is 0 Å². The zero-order valence-electron chi connectivity index (χ0n) is 15.2. The number of hydrogen-bond acceptors (Lipinski definition) is 2.